The van der Waals surface area contributed by atoms with Crippen molar-refractivity contribution in [2.75, 3.05) is 34.0 Å². The van der Waals surface area contributed by atoms with Crippen LogP contribution in [0, 0.1) is 35.5 Å². The van der Waals surface area contributed by atoms with Gasteiger partial charge in [-0.1, -0.05) is 96.8 Å². The lowest BCUT2D eigenvalue weighted by atomic mass is 9.79. The Kier molecular flexibility index (Phi) is 24.8. The number of hydrogen-bond donors (Lipinski definition) is 3. The summed E-state index contributed by atoms with van der Waals surface area (Å²) in [7, 11) is 2.98. The summed E-state index contributed by atoms with van der Waals surface area (Å²) >= 11 is 0. The number of fused-ring (bicyclic) bond motifs is 3. The molecule has 0 aromatic rings. The van der Waals surface area contributed by atoms with E-state index in [-0.39, 0.29) is 61.4 Å². The number of aliphatic hydroxyl groups excluding tert-OH is 2. The van der Waals surface area contributed by atoms with Crippen molar-refractivity contribution in [3.8, 4) is 0 Å². The number of methoxy groups -OCH3 is 2. The van der Waals surface area contributed by atoms with Gasteiger partial charge in [-0.05, 0) is 113 Å². The highest BCUT2D eigenvalue weighted by molar-refractivity contribution is 6.39. The fraction of sp³-hybridized carbons (Fsp3) is 0.768. The van der Waals surface area contributed by atoms with Crippen molar-refractivity contribution in [2.24, 2.45) is 35.5 Å². The van der Waals surface area contributed by atoms with Crippen molar-refractivity contribution in [2.45, 2.75) is 206 Å². The number of carbonyl (C=O) groups excluding carboxylic acids is 5. The molecule has 70 heavy (non-hydrogen) atoms. The third-order valence-electron chi connectivity index (χ3n) is 15.5. The van der Waals surface area contributed by atoms with Crippen LogP contribution in [-0.4, -0.2) is 132 Å². The first-order chi connectivity index (χ1) is 33.3. The molecule has 0 aromatic carbocycles. The maximum absolute atomic E-state index is 14.5. The summed E-state index contributed by atoms with van der Waals surface area (Å²) in [6.07, 6.45) is 18.2. The lowest BCUT2D eigenvalue weighted by Gasteiger charge is -2.42. The zero-order valence-corrected chi connectivity index (χ0v) is 44.0. The summed E-state index contributed by atoms with van der Waals surface area (Å²) in [5, 5.41) is 32.6. The van der Waals surface area contributed by atoms with E-state index in [0.29, 0.717) is 57.1 Å². The van der Waals surface area contributed by atoms with E-state index in [1.807, 2.05) is 58.1 Å². The van der Waals surface area contributed by atoms with Gasteiger partial charge in [-0.3, -0.25) is 19.2 Å². The van der Waals surface area contributed by atoms with Crippen molar-refractivity contribution < 1.29 is 63.0 Å². The standard InChI is InChI=1S/C56H89NO13/c1-36-20-13-12-14-21-37(2)48(66-8)34-45-26-25-42(7)56(65,70-45)53(62)54(63)57-27-16-15-24-46(57)55(64)69-49(39(4)32-43-22-19-23-44(33-43)68-29-18-11-10-17-28-58)35-47(59)38(3)31-41(6)51(61)52(67-9)50(60)40(5)30-36/h12-14,20-21,31,36,38-40,42-46,48-49,51-52,58,61,65H,10-11,15-19,22-30,32-35H2,1-9H3/b14-12+,20-13+,37-21+,41-31+/t36-,38-,39-,40-,42-,43?,44+,45+,46+,48+,49+,51-,52+,56-/m1/s1. The number of unbranched alkanes of at least 4 members (excludes halogenated alkanes) is 3. The minimum Gasteiger partial charge on any atom is -0.460 e. The first kappa shape index (κ1) is 59.2. The molecular weight excluding hydrogens is 895 g/mol. The fourth-order valence-electron chi connectivity index (χ4n) is 10.9. The van der Waals surface area contributed by atoms with Crippen molar-refractivity contribution in [3.63, 3.8) is 0 Å². The smallest absolute Gasteiger partial charge is 0.329 e. The molecule has 2 saturated heterocycles. The number of amides is 1. The van der Waals surface area contributed by atoms with E-state index < -0.39 is 77.8 Å². The molecule has 1 amide bonds. The van der Waals surface area contributed by atoms with Gasteiger partial charge in [0.15, 0.2) is 5.78 Å². The highest BCUT2D eigenvalue weighted by atomic mass is 16.6. The monoisotopic (exact) mass is 984 g/mol. The Morgan fingerprint density at radius 2 is 1.59 bits per heavy atom. The Morgan fingerprint density at radius 1 is 0.843 bits per heavy atom. The molecule has 1 saturated carbocycles. The number of hydrogen-bond acceptors (Lipinski definition) is 13. The van der Waals surface area contributed by atoms with Gasteiger partial charge < -0.3 is 43.9 Å². The molecule has 14 heteroatoms. The van der Waals surface area contributed by atoms with Crippen LogP contribution in [0.3, 0.4) is 0 Å². The Bertz CT molecular complexity index is 1820. The van der Waals surface area contributed by atoms with Gasteiger partial charge in [0.05, 0.1) is 18.3 Å². The van der Waals surface area contributed by atoms with Crippen LogP contribution in [0.25, 0.3) is 0 Å². The molecule has 1 unspecified atom stereocenters. The molecule has 3 fully saturated rings. The van der Waals surface area contributed by atoms with Crippen molar-refractivity contribution in [1.29, 1.82) is 0 Å². The molecule has 3 aliphatic heterocycles. The Morgan fingerprint density at radius 3 is 2.30 bits per heavy atom. The second kappa shape index (κ2) is 29.4. The third kappa shape index (κ3) is 17.1. The zero-order chi connectivity index (χ0) is 51.5. The van der Waals surface area contributed by atoms with Crippen molar-refractivity contribution in [1.82, 2.24) is 4.90 Å². The maximum atomic E-state index is 14.5. The van der Waals surface area contributed by atoms with Crippen LogP contribution < -0.4 is 0 Å². The number of ether oxygens (including phenoxy) is 5. The Hall–Kier alpha value is -3.37. The number of esters is 1. The van der Waals surface area contributed by atoms with Crippen LogP contribution in [-0.2, 0) is 47.7 Å². The minimum atomic E-state index is -2.42. The van der Waals surface area contributed by atoms with E-state index in [0.717, 1.165) is 56.9 Å². The van der Waals surface area contributed by atoms with Gasteiger partial charge in [-0.15, -0.1) is 0 Å². The normalized spacial score (nSPS) is 37.3. The predicted molar refractivity (Wildman–Crippen MR) is 268 cm³/mol. The van der Waals surface area contributed by atoms with Gasteiger partial charge >= 0.3 is 5.97 Å². The number of carbonyl (C=O) groups is 5. The molecule has 4 aliphatic rings. The van der Waals surface area contributed by atoms with Crippen molar-refractivity contribution >= 4 is 29.2 Å². The summed E-state index contributed by atoms with van der Waals surface area (Å²) in [6, 6.07) is -1.12. The van der Waals surface area contributed by atoms with E-state index in [1.54, 1.807) is 34.0 Å². The molecule has 2 bridgehead atoms. The molecule has 0 aromatic heterocycles. The number of allylic oxidation sites excluding steroid dienone is 6. The van der Waals surface area contributed by atoms with E-state index >= 15 is 0 Å². The second-order valence-electron chi connectivity index (χ2n) is 21.2. The number of Topliss-reactive ketones (excluding diaryl/α,β-unsaturated/α-hetero) is 3. The van der Waals surface area contributed by atoms with Gasteiger partial charge in [0.2, 0.25) is 5.79 Å². The average molecular weight is 984 g/mol. The summed E-state index contributed by atoms with van der Waals surface area (Å²) < 4.78 is 30.3. The van der Waals surface area contributed by atoms with Gasteiger partial charge in [-0.25, -0.2) is 4.79 Å². The van der Waals surface area contributed by atoms with Gasteiger partial charge in [0.25, 0.3) is 11.7 Å². The number of piperidine rings is 1. The summed E-state index contributed by atoms with van der Waals surface area (Å²) in [5.74, 6) is -7.59. The van der Waals surface area contributed by atoms with Crippen LogP contribution in [0.1, 0.15) is 158 Å². The molecule has 4 rings (SSSR count). The number of cyclic esters (lactones) is 1. The van der Waals surface area contributed by atoms with E-state index in [4.69, 9.17) is 28.8 Å². The molecule has 14 atom stereocenters. The zero-order valence-electron chi connectivity index (χ0n) is 44.0. The van der Waals surface area contributed by atoms with Crippen LogP contribution in [0.15, 0.2) is 47.6 Å². The lowest BCUT2D eigenvalue weighted by Crippen LogP contribution is -2.61. The van der Waals surface area contributed by atoms with E-state index in [2.05, 4.69) is 0 Å². The number of ketones is 3. The first-order valence-electron chi connectivity index (χ1n) is 26.5. The largest absolute Gasteiger partial charge is 0.460 e. The Labute approximate surface area is 419 Å². The molecule has 3 N–H and O–H groups in total. The summed E-state index contributed by atoms with van der Waals surface area (Å²) in [5.41, 5.74) is 1.29. The Balaban J connectivity index is 1.66. The molecule has 0 spiro atoms. The van der Waals surface area contributed by atoms with E-state index in [1.165, 1.54) is 12.0 Å². The number of rotatable bonds is 12. The SMILES string of the molecule is CO[C@H]1C[C@@H]2CC[C@@H](C)[C@@](O)(O2)C(=O)C(=O)N2CCCC[C@H]2C(=O)O[C@H]([C@H](C)CC2CCC[C@H](OCCCCCCO)C2)CC(=O)[C@H](C)/C=C(\C)[C@@H](O)[C@@H](OC)C(=O)[C@H](C)C[C@H](C)/C=C/C=C/C=C/1C. The van der Waals surface area contributed by atoms with Crippen LogP contribution in [0.2, 0.25) is 0 Å². The highest BCUT2D eigenvalue weighted by Crippen LogP contribution is 2.38. The fourth-order valence-corrected chi connectivity index (χ4v) is 10.9. The molecule has 3 heterocycles. The van der Waals surface area contributed by atoms with Gasteiger partial charge in [0.1, 0.15) is 30.1 Å². The highest BCUT2D eigenvalue weighted by Gasteiger charge is 2.53. The topological polar surface area (TPSA) is 195 Å². The predicted octanol–water partition coefficient (Wildman–Crippen LogP) is 8.13. The maximum Gasteiger partial charge on any atom is 0.329 e. The average Bonchev–Trinajstić information content (AvgIpc) is 3.34. The van der Waals surface area contributed by atoms with E-state index in [9.17, 15) is 34.2 Å². The number of aliphatic hydroxyl groups is 3. The molecule has 0 radical (unpaired) electrons. The van der Waals surface area contributed by atoms with Crippen LogP contribution in [0.4, 0.5) is 0 Å². The minimum absolute atomic E-state index is 0.0239. The second-order valence-corrected chi connectivity index (χ2v) is 21.2. The summed E-state index contributed by atoms with van der Waals surface area (Å²) in [4.78, 5) is 72.3. The van der Waals surface area contributed by atoms with Gasteiger partial charge in [-0.2, -0.15) is 0 Å². The molecular formula is C56H89NO13. The van der Waals surface area contributed by atoms with Crippen molar-refractivity contribution in [3.05, 3.63) is 47.6 Å². The molecule has 1 aliphatic carbocycles. The van der Waals surface area contributed by atoms with Crippen LogP contribution in [0.5, 0.6) is 0 Å². The quantitative estimate of drug-likeness (QED) is 0.0735. The number of nitrogens with zero attached hydrogens (tertiary/aromatic N) is 1. The molecule has 14 nitrogen and oxygen atoms in total. The lowest BCUT2D eigenvalue weighted by molar-refractivity contribution is -0.265. The molecule has 396 valence electrons. The first-order valence-corrected chi connectivity index (χ1v) is 26.5. The summed E-state index contributed by atoms with van der Waals surface area (Å²) in [6.45, 7) is 13.8. The third-order valence-corrected chi connectivity index (χ3v) is 15.5. The van der Waals surface area contributed by atoms with Gasteiger partial charge in [0, 0.05) is 64.6 Å². The van der Waals surface area contributed by atoms with Crippen LogP contribution >= 0.6 is 0 Å².